The van der Waals surface area contributed by atoms with Crippen molar-refractivity contribution in [1.29, 1.82) is 0 Å². The SMILES string of the molecule is NC(=O)CCC(N)C(=O)NC(Cc1c[nH]c2ccccc12)C(=O)NC(Cc1ccccc1)C(=O)NC(Cc1ccc(O)cc1)C(=O)O. The lowest BCUT2D eigenvalue weighted by molar-refractivity contribution is -0.142. The van der Waals surface area contributed by atoms with Crippen LogP contribution in [0.2, 0.25) is 0 Å². The molecule has 0 aliphatic rings. The summed E-state index contributed by atoms with van der Waals surface area (Å²) in [5.74, 6) is -4.03. The fourth-order valence-corrected chi connectivity index (χ4v) is 5.11. The summed E-state index contributed by atoms with van der Waals surface area (Å²) in [5.41, 5.74) is 14.0. The van der Waals surface area contributed by atoms with Crippen molar-refractivity contribution >= 4 is 40.5 Å². The summed E-state index contributed by atoms with van der Waals surface area (Å²) in [7, 11) is 0. The van der Waals surface area contributed by atoms with Crippen LogP contribution >= 0.6 is 0 Å². The zero-order valence-electron chi connectivity index (χ0n) is 25.5. The Morgan fingerprint density at radius 3 is 1.91 bits per heavy atom. The molecule has 0 saturated heterocycles. The number of fused-ring (bicyclic) bond motifs is 1. The third-order valence-corrected chi connectivity index (χ3v) is 7.68. The number of carboxylic acid groups (broad SMARTS) is 1. The van der Waals surface area contributed by atoms with Crippen molar-refractivity contribution in [3.05, 3.63) is 102 Å². The number of aliphatic carboxylic acids is 1. The highest BCUT2D eigenvalue weighted by Crippen LogP contribution is 2.20. The topological polar surface area (TPSA) is 230 Å². The number of carbonyl (C=O) groups excluding carboxylic acids is 4. The number of phenolic OH excluding ortho intramolecular Hbond substituents is 1. The van der Waals surface area contributed by atoms with Crippen LogP contribution in [0.1, 0.15) is 29.5 Å². The standard InChI is InChI=1S/C34H38N6O7/c35-25(14-15-30(36)42)31(43)38-28(18-22-19-37-26-9-5-4-8-24(22)26)33(45)39-27(16-20-6-2-1-3-7-20)32(44)40-29(34(46)47)17-21-10-12-23(41)13-11-21/h1-13,19,25,27-29,37,41H,14-18,35H2,(H2,36,42)(H,38,43)(H,39,45)(H,40,44)(H,46,47). The summed E-state index contributed by atoms with van der Waals surface area (Å²) >= 11 is 0. The molecule has 246 valence electrons. The maximum atomic E-state index is 13.9. The molecule has 4 atom stereocenters. The van der Waals surface area contributed by atoms with E-state index in [9.17, 15) is 34.2 Å². The number of rotatable bonds is 16. The van der Waals surface area contributed by atoms with E-state index in [4.69, 9.17) is 11.5 Å². The number of nitrogens with one attached hydrogen (secondary N) is 4. The summed E-state index contributed by atoms with van der Waals surface area (Å²) < 4.78 is 0. The number of carboxylic acids is 1. The van der Waals surface area contributed by atoms with Crippen molar-refractivity contribution in [3.63, 3.8) is 0 Å². The molecule has 10 N–H and O–H groups in total. The molecule has 4 aromatic rings. The van der Waals surface area contributed by atoms with Gasteiger partial charge in [0.2, 0.25) is 23.6 Å². The monoisotopic (exact) mass is 642 g/mol. The number of hydrogen-bond donors (Lipinski definition) is 8. The van der Waals surface area contributed by atoms with Gasteiger partial charge in [0.25, 0.3) is 0 Å². The predicted molar refractivity (Wildman–Crippen MR) is 174 cm³/mol. The van der Waals surface area contributed by atoms with Crippen LogP contribution in [0, 0.1) is 0 Å². The van der Waals surface area contributed by atoms with Gasteiger partial charge in [0, 0.05) is 42.8 Å². The van der Waals surface area contributed by atoms with Gasteiger partial charge in [-0.2, -0.15) is 0 Å². The number of H-pyrrole nitrogens is 1. The first kappa shape index (κ1) is 34.2. The maximum Gasteiger partial charge on any atom is 0.326 e. The van der Waals surface area contributed by atoms with Crippen LogP contribution in [0.5, 0.6) is 5.75 Å². The summed E-state index contributed by atoms with van der Waals surface area (Å²) in [6.45, 7) is 0. The van der Waals surface area contributed by atoms with Crippen molar-refractivity contribution in [2.24, 2.45) is 11.5 Å². The van der Waals surface area contributed by atoms with Gasteiger partial charge in [0.1, 0.15) is 23.9 Å². The van der Waals surface area contributed by atoms with E-state index in [1.165, 1.54) is 12.1 Å². The Labute approximate surface area is 270 Å². The molecule has 0 radical (unpaired) electrons. The molecule has 1 heterocycles. The molecule has 13 nitrogen and oxygen atoms in total. The lowest BCUT2D eigenvalue weighted by Gasteiger charge is -2.25. The van der Waals surface area contributed by atoms with Crippen LogP contribution in [-0.2, 0) is 43.2 Å². The lowest BCUT2D eigenvalue weighted by Crippen LogP contribution is -2.58. The van der Waals surface area contributed by atoms with E-state index in [2.05, 4.69) is 20.9 Å². The first-order valence-electron chi connectivity index (χ1n) is 15.0. The zero-order chi connectivity index (χ0) is 33.9. The average Bonchev–Trinajstić information content (AvgIpc) is 3.46. The minimum atomic E-state index is -1.34. The second kappa shape index (κ2) is 16.0. The number of hydrogen-bond acceptors (Lipinski definition) is 7. The minimum absolute atomic E-state index is 0.0124. The van der Waals surface area contributed by atoms with Crippen LogP contribution in [-0.4, -0.2) is 69.0 Å². The zero-order valence-corrected chi connectivity index (χ0v) is 25.5. The third kappa shape index (κ3) is 9.90. The van der Waals surface area contributed by atoms with Gasteiger partial charge in [0.05, 0.1) is 6.04 Å². The second-order valence-electron chi connectivity index (χ2n) is 11.3. The number of nitrogens with two attached hydrogens (primary N) is 2. The van der Waals surface area contributed by atoms with Crippen LogP contribution < -0.4 is 27.4 Å². The molecule has 47 heavy (non-hydrogen) atoms. The Kier molecular flexibility index (Phi) is 11.7. The van der Waals surface area contributed by atoms with E-state index in [0.717, 1.165) is 16.5 Å². The molecule has 4 rings (SSSR count). The van der Waals surface area contributed by atoms with Crippen molar-refractivity contribution in [3.8, 4) is 5.75 Å². The predicted octanol–water partition coefficient (Wildman–Crippen LogP) is 1.03. The first-order valence-corrected chi connectivity index (χ1v) is 15.0. The fourth-order valence-electron chi connectivity index (χ4n) is 5.11. The average molecular weight is 643 g/mol. The van der Waals surface area contributed by atoms with Crippen molar-refractivity contribution in [2.75, 3.05) is 0 Å². The Hall–Kier alpha value is -5.69. The smallest absolute Gasteiger partial charge is 0.326 e. The molecule has 3 aromatic carbocycles. The molecular weight excluding hydrogens is 604 g/mol. The highest BCUT2D eigenvalue weighted by atomic mass is 16.4. The Morgan fingerprint density at radius 1 is 0.702 bits per heavy atom. The van der Waals surface area contributed by atoms with E-state index in [1.54, 1.807) is 48.7 Å². The van der Waals surface area contributed by atoms with Crippen molar-refractivity contribution in [1.82, 2.24) is 20.9 Å². The number of benzene rings is 3. The van der Waals surface area contributed by atoms with Gasteiger partial charge < -0.3 is 42.6 Å². The number of aromatic amines is 1. The highest BCUT2D eigenvalue weighted by molar-refractivity contribution is 5.95. The van der Waals surface area contributed by atoms with Crippen LogP contribution in [0.3, 0.4) is 0 Å². The van der Waals surface area contributed by atoms with E-state index < -0.39 is 53.8 Å². The summed E-state index contributed by atoms with van der Waals surface area (Å²) in [5, 5.41) is 28.2. The number of amides is 4. The van der Waals surface area contributed by atoms with Crippen LogP contribution in [0.4, 0.5) is 0 Å². The Bertz CT molecular complexity index is 1710. The molecule has 0 saturated carbocycles. The van der Waals surface area contributed by atoms with Gasteiger partial charge in [-0.05, 0) is 41.3 Å². The maximum absolute atomic E-state index is 13.9. The van der Waals surface area contributed by atoms with Gasteiger partial charge in [-0.15, -0.1) is 0 Å². The summed E-state index contributed by atoms with van der Waals surface area (Å²) in [6.07, 6.45) is 1.55. The third-order valence-electron chi connectivity index (χ3n) is 7.68. The van der Waals surface area contributed by atoms with E-state index >= 15 is 0 Å². The highest BCUT2D eigenvalue weighted by Gasteiger charge is 2.31. The molecule has 0 spiro atoms. The molecule has 0 bridgehead atoms. The summed E-state index contributed by atoms with van der Waals surface area (Å²) in [4.78, 5) is 67.1. The largest absolute Gasteiger partial charge is 0.508 e. The number of phenols is 1. The Balaban J connectivity index is 1.58. The number of aromatic nitrogens is 1. The van der Waals surface area contributed by atoms with Gasteiger partial charge >= 0.3 is 5.97 Å². The van der Waals surface area contributed by atoms with Gasteiger partial charge in [-0.1, -0.05) is 60.7 Å². The fraction of sp³-hybridized carbons (Fsp3) is 0.265. The van der Waals surface area contributed by atoms with Crippen molar-refractivity contribution in [2.45, 2.75) is 56.3 Å². The van der Waals surface area contributed by atoms with Gasteiger partial charge in [-0.3, -0.25) is 19.2 Å². The molecule has 0 aliphatic heterocycles. The molecule has 0 fully saturated rings. The Morgan fingerprint density at radius 2 is 1.26 bits per heavy atom. The van der Waals surface area contributed by atoms with E-state index in [1.807, 2.05) is 24.3 Å². The molecular formula is C34H38N6O7. The number of para-hydroxylation sites is 1. The summed E-state index contributed by atoms with van der Waals surface area (Å²) in [6, 6.07) is 17.3. The first-order chi connectivity index (χ1) is 22.5. The molecule has 4 unspecified atom stereocenters. The van der Waals surface area contributed by atoms with Crippen molar-refractivity contribution < 1.29 is 34.2 Å². The number of carbonyl (C=O) groups is 5. The molecule has 4 amide bonds. The van der Waals surface area contributed by atoms with E-state index in [0.29, 0.717) is 11.1 Å². The molecule has 1 aromatic heterocycles. The molecule has 13 heteroatoms. The second-order valence-corrected chi connectivity index (χ2v) is 11.3. The molecule has 0 aliphatic carbocycles. The number of aromatic hydroxyl groups is 1. The van der Waals surface area contributed by atoms with Gasteiger partial charge in [-0.25, -0.2) is 4.79 Å². The van der Waals surface area contributed by atoms with Crippen LogP contribution in [0.25, 0.3) is 10.9 Å². The van der Waals surface area contributed by atoms with Crippen LogP contribution in [0.15, 0.2) is 85.1 Å². The quantitative estimate of drug-likeness (QED) is 0.0878. The minimum Gasteiger partial charge on any atom is -0.508 e. The van der Waals surface area contributed by atoms with Gasteiger partial charge in [0.15, 0.2) is 0 Å². The van der Waals surface area contributed by atoms with E-state index in [-0.39, 0.29) is 37.9 Å². The lowest BCUT2D eigenvalue weighted by atomic mass is 10.0. The normalized spacial score (nSPS) is 13.6. The number of primary amides is 1.